The number of thiol groups is 1. The van der Waals surface area contributed by atoms with E-state index in [4.69, 9.17) is 34.5 Å². The van der Waals surface area contributed by atoms with Crippen molar-refractivity contribution in [1.29, 1.82) is 0 Å². The quantitative estimate of drug-likeness (QED) is 0.119. The van der Waals surface area contributed by atoms with E-state index >= 15 is 4.39 Å². The summed E-state index contributed by atoms with van der Waals surface area (Å²) in [6.07, 6.45) is -0.0588. The largest absolute Gasteiger partial charge is 0.386 e. The molecule has 2 unspecified atom stereocenters. The van der Waals surface area contributed by atoms with Crippen molar-refractivity contribution in [3.05, 3.63) is 25.3 Å². The molecule has 0 saturated carbocycles. The lowest BCUT2D eigenvalue weighted by atomic mass is 10.0. The number of hydrogen-bond donors (Lipinski definition) is 3. The van der Waals surface area contributed by atoms with Gasteiger partial charge in [-0.1, -0.05) is 12.2 Å². The molecule has 2 saturated heterocycles. The number of anilines is 2. The van der Waals surface area contributed by atoms with Crippen LogP contribution in [0.2, 0.25) is 0 Å². The lowest BCUT2D eigenvalue weighted by molar-refractivity contribution is -0.109. The molecule has 2 aliphatic heterocycles. The van der Waals surface area contributed by atoms with Gasteiger partial charge in [0.2, 0.25) is 0 Å². The van der Waals surface area contributed by atoms with Crippen LogP contribution in [0.25, 0.3) is 22.3 Å². The van der Waals surface area contributed by atoms with Crippen LogP contribution in [0, 0.1) is 5.92 Å². The molecule has 0 radical (unpaired) electrons. The van der Waals surface area contributed by atoms with Gasteiger partial charge >= 0.3 is 6.80 Å². The Kier molecular flexibility index (Phi) is 8.59. The number of aromatic nitrogens is 8. The van der Waals surface area contributed by atoms with Gasteiger partial charge in [0.1, 0.15) is 48.4 Å². The number of rotatable bonds is 11. The highest BCUT2D eigenvalue weighted by Crippen LogP contribution is 2.57. The molecule has 2 aliphatic rings. The molecular formula is C22H27FN10O7P2S. The van der Waals surface area contributed by atoms with E-state index in [1.54, 1.807) is 4.57 Å². The number of nitrogens with two attached hydrogens (primary N) is 2. The molecule has 0 aromatic carbocycles. The van der Waals surface area contributed by atoms with Crippen LogP contribution in [-0.4, -0.2) is 83.0 Å². The lowest BCUT2D eigenvalue weighted by Crippen LogP contribution is -2.33. The van der Waals surface area contributed by atoms with Crippen molar-refractivity contribution in [2.75, 3.05) is 24.7 Å². The van der Waals surface area contributed by atoms with E-state index in [9.17, 15) is 9.36 Å². The molecule has 6 heterocycles. The molecule has 9 atom stereocenters. The Labute approximate surface area is 250 Å². The molecule has 0 aliphatic carbocycles. The van der Waals surface area contributed by atoms with Gasteiger partial charge in [0.25, 0.3) is 0 Å². The van der Waals surface area contributed by atoms with E-state index in [0.717, 1.165) is 6.29 Å². The van der Waals surface area contributed by atoms with Crippen LogP contribution in [-0.2, 0) is 32.4 Å². The zero-order valence-electron chi connectivity index (χ0n) is 22.2. The summed E-state index contributed by atoms with van der Waals surface area (Å²) in [5.74, 6) is 0.0500. The van der Waals surface area contributed by atoms with Gasteiger partial charge in [0, 0.05) is 21.8 Å². The van der Waals surface area contributed by atoms with E-state index in [2.05, 4.69) is 42.2 Å². The number of aldehydes is 1. The van der Waals surface area contributed by atoms with Crippen LogP contribution < -0.4 is 11.5 Å². The minimum atomic E-state index is -4.18. The maximum absolute atomic E-state index is 15.9. The van der Waals surface area contributed by atoms with Gasteiger partial charge in [-0.2, -0.15) is 0 Å². The summed E-state index contributed by atoms with van der Waals surface area (Å²) in [6, 6.07) is 0. The van der Waals surface area contributed by atoms with Crippen molar-refractivity contribution < 1.29 is 36.8 Å². The number of nitrogen functional groups attached to an aromatic ring is 2. The second-order valence-electron chi connectivity index (χ2n) is 9.89. The number of fused-ring (bicyclic) bond motifs is 2. The normalized spacial score (nSPS) is 29.0. The molecule has 230 valence electrons. The average molecular weight is 657 g/mol. The second-order valence-corrected chi connectivity index (χ2v) is 13.1. The summed E-state index contributed by atoms with van der Waals surface area (Å²) in [4.78, 5) is 36.0. The Morgan fingerprint density at radius 2 is 1.65 bits per heavy atom. The van der Waals surface area contributed by atoms with Gasteiger partial charge in [-0.25, -0.2) is 38.9 Å². The molecule has 17 nitrogen and oxygen atoms in total. The molecule has 0 spiro atoms. The number of carbonyl (C=O) groups is 1. The van der Waals surface area contributed by atoms with Gasteiger partial charge in [0.05, 0.1) is 32.0 Å². The number of nitrogens with zero attached hydrogens (tertiary/aromatic N) is 8. The Hall–Kier alpha value is -2.89. The fourth-order valence-electron chi connectivity index (χ4n) is 5.30. The lowest BCUT2D eigenvalue weighted by Gasteiger charge is -2.23. The van der Waals surface area contributed by atoms with Crippen LogP contribution >= 0.6 is 28.5 Å². The van der Waals surface area contributed by atoms with Gasteiger partial charge in [0.15, 0.2) is 35.3 Å². The number of carbonyl (C=O) groups excluding carboxylic acids is 1. The highest BCUT2D eigenvalue weighted by Gasteiger charge is 2.50. The van der Waals surface area contributed by atoms with Crippen molar-refractivity contribution in [3.63, 3.8) is 0 Å². The van der Waals surface area contributed by atoms with Gasteiger partial charge in [-0.05, 0) is 6.42 Å². The Bertz CT molecular complexity index is 1680. The smallest absolute Gasteiger partial charge is 0.382 e. The SMILES string of the molecule is Nc1ncnc2c1ncn2[C@@H]1O[C@H](COP(=O)(S)O[C@H]2[C@@H](F)[C@H](n3cnc4c(N)ncnc43)O[C@@H]2COP)C[C@H]1CC=O. The van der Waals surface area contributed by atoms with Crippen LogP contribution in [0.5, 0.6) is 0 Å². The first-order valence-electron chi connectivity index (χ1n) is 12.9. The Morgan fingerprint density at radius 3 is 2.26 bits per heavy atom. The number of halogens is 1. The highest BCUT2D eigenvalue weighted by atomic mass is 32.7. The van der Waals surface area contributed by atoms with Gasteiger partial charge in [-0.3, -0.25) is 18.2 Å². The molecule has 2 fully saturated rings. The first kappa shape index (κ1) is 30.1. The Balaban J connectivity index is 1.15. The summed E-state index contributed by atoms with van der Waals surface area (Å²) in [7, 11) is 2.05. The molecule has 21 heteroatoms. The highest BCUT2D eigenvalue weighted by molar-refractivity contribution is 8.44. The number of ether oxygens (including phenoxy) is 2. The van der Waals surface area contributed by atoms with E-state index in [1.807, 2.05) is 9.47 Å². The molecule has 43 heavy (non-hydrogen) atoms. The van der Waals surface area contributed by atoms with Crippen LogP contribution in [0.1, 0.15) is 25.3 Å². The van der Waals surface area contributed by atoms with Crippen LogP contribution in [0.3, 0.4) is 0 Å². The summed E-state index contributed by atoms with van der Waals surface area (Å²) in [5.41, 5.74) is 13.1. The minimum absolute atomic E-state index is 0.114. The third-order valence-corrected chi connectivity index (χ3v) is 9.04. The topological polar surface area (TPSA) is 220 Å². The van der Waals surface area contributed by atoms with Crippen molar-refractivity contribution in [1.82, 2.24) is 39.0 Å². The predicted octanol–water partition coefficient (Wildman–Crippen LogP) is 1.81. The first-order chi connectivity index (χ1) is 20.7. The van der Waals surface area contributed by atoms with E-state index in [-0.39, 0.29) is 48.4 Å². The standard InChI is InChI=1S/C22H27FN10O7P2S/c23-13-16(12(5-36-41)39-22(13)33-9-31-15-18(25)27-7-29-20(15)33)40-42(35,43)37-4-11-3-10(1-2-34)21(38-11)32-8-30-14-17(24)26-6-28-19(14)32/h2,6-13,16,21-22H,1,3-5,41H2,(H,35,43)(H2,24,26,28)(H2,25,27,29)/t10-,11+,12-,13-,16-,21-,22-,42?/m1/s1. The molecule has 0 amide bonds. The molecular weight excluding hydrogens is 629 g/mol. The molecule has 6 rings (SSSR count). The first-order valence-corrected chi connectivity index (χ1v) is 16.1. The third kappa shape index (κ3) is 5.83. The number of imidazole rings is 2. The predicted molar refractivity (Wildman–Crippen MR) is 154 cm³/mol. The zero-order valence-corrected chi connectivity index (χ0v) is 25.1. The summed E-state index contributed by atoms with van der Waals surface area (Å²) < 4.78 is 60.5. The third-order valence-electron chi connectivity index (χ3n) is 7.23. The van der Waals surface area contributed by atoms with E-state index < -0.39 is 43.7 Å². The molecule has 4 aromatic rings. The van der Waals surface area contributed by atoms with Crippen molar-refractivity contribution in [2.24, 2.45) is 5.92 Å². The maximum atomic E-state index is 15.9. The summed E-state index contributed by atoms with van der Waals surface area (Å²) >= 11 is 4.10. The second kappa shape index (κ2) is 12.2. The van der Waals surface area contributed by atoms with Crippen LogP contribution in [0.4, 0.5) is 16.0 Å². The molecule has 4 aromatic heterocycles. The van der Waals surface area contributed by atoms with Crippen molar-refractivity contribution in [3.8, 4) is 0 Å². The number of hydrogen-bond acceptors (Lipinski definition) is 15. The summed E-state index contributed by atoms with van der Waals surface area (Å²) in [5, 5.41) is 0. The van der Waals surface area contributed by atoms with E-state index in [1.165, 1.54) is 29.9 Å². The fourth-order valence-corrected chi connectivity index (χ4v) is 6.99. The molecule has 0 bridgehead atoms. The summed E-state index contributed by atoms with van der Waals surface area (Å²) in [6.45, 7) is -4.51. The van der Waals surface area contributed by atoms with Gasteiger partial charge in [-0.15, -0.1) is 0 Å². The monoisotopic (exact) mass is 656 g/mol. The van der Waals surface area contributed by atoms with Gasteiger partial charge < -0.3 is 30.3 Å². The van der Waals surface area contributed by atoms with Crippen molar-refractivity contribution >= 4 is 68.8 Å². The fraction of sp³-hybridized carbons (Fsp3) is 0.500. The molecule has 4 N–H and O–H groups in total. The maximum Gasteiger partial charge on any atom is 0.386 e. The average Bonchev–Trinajstić information content (AvgIpc) is 3.75. The zero-order chi connectivity index (χ0) is 30.3. The van der Waals surface area contributed by atoms with Crippen molar-refractivity contribution in [2.45, 2.75) is 49.8 Å². The van der Waals surface area contributed by atoms with E-state index in [0.29, 0.717) is 17.6 Å². The van der Waals surface area contributed by atoms with Crippen LogP contribution in [0.15, 0.2) is 25.3 Å². The number of alkyl halides is 1. The minimum Gasteiger partial charge on any atom is -0.382 e. The Morgan fingerprint density at radius 1 is 1.02 bits per heavy atom.